The Balaban J connectivity index is 0.000000152. The summed E-state index contributed by atoms with van der Waals surface area (Å²) >= 11 is 0. The van der Waals surface area contributed by atoms with E-state index in [1.54, 1.807) is 0 Å². The van der Waals surface area contributed by atoms with Crippen LogP contribution in [0, 0.1) is 0 Å². The van der Waals surface area contributed by atoms with Crippen molar-refractivity contribution in [2.75, 3.05) is 0 Å². The Labute approximate surface area is 684 Å². The van der Waals surface area contributed by atoms with Crippen LogP contribution in [0.15, 0.2) is 437 Å². The van der Waals surface area contributed by atoms with Gasteiger partial charge < -0.3 is 0 Å². The van der Waals surface area contributed by atoms with E-state index in [0.29, 0.717) is 34.9 Å². The van der Waals surface area contributed by atoms with Gasteiger partial charge in [0.15, 0.2) is 34.9 Å². The SMILES string of the molecule is c1ccc(-c2cccc(-c3nc(-c4cccc(-c5ccccc5)c4)nc(-c4cccc(-c5ccc6c(c5)nc(-c5ccccc5)c5cccc(-c7ccccc7)c56)c4)n3)c2)cc1.c1ccc(-c2cccc(-c3nc(-c4ccccc4)nc(-c4cccc(-c5ccc6c(c5)nc(-c5ccccc5)c5cccc(-c7ccccc7)c56)c4)n3)c2)cc1. The lowest BCUT2D eigenvalue weighted by molar-refractivity contribution is 1.07. The number of rotatable bonds is 15. The molecular weight excluding hydrogens is 1430 g/mol. The van der Waals surface area contributed by atoms with Gasteiger partial charge in [0.25, 0.3) is 0 Å². The predicted octanol–water partition coefficient (Wildman–Crippen LogP) is 28.2. The molecule has 4 aromatic heterocycles. The van der Waals surface area contributed by atoms with Crippen LogP contribution in [0.3, 0.4) is 0 Å². The van der Waals surface area contributed by atoms with Gasteiger partial charge in [-0.1, -0.05) is 394 Å². The first-order valence-electron chi connectivity index (χ1n) is 39.7. The molecule has 21 aromatic rings. The van der Waals surface area contributed by atoms with E-state index >= 15 is 0 Å². The third-order valence-corrected chi connectivity index (χ3v) is 21.8. The van der Waals surface area contributed by atoms with Crippen LogP contribution in [-0.4, -0.2) is 39.9 Å². The summed E-state index contributed by atoms with van der Waals surface area (Å²) < 4.78 is 0. The first kappa shape index (κ1) is 71.2. The largest absolute Gasteiger partial charge is 0.247 e. The third-order valence-electron chi connectivity index (χ3n) is 21.8. The van der Waals surface area contributed by atoms with Crippen molar-refractivity contribution in [3.63, 3.8) is 0 Å². The molecule has 0 aliphatic rings. The second-order valence-electron chi connectivity index (χ2n) is 29.3. The summed E-state index contributed by atoms with van der Waals surface area (Å²) in [4.78, 5) is 41.4. The fourth-order valence-corrected chi connectivity index (χ4v) is 16.0. The van der Waals surface area contributed by atoms with E-state index in [4.69, 9.17) is 39.9 Å². The highest BCUT2D eigenvalue weighted by molar-refractivity contribution is 6.19. The summed E-state index contributed by atoms with van der Waals surface area (Å²) in [5.74, 6) is 3.70. The molecule has 8 heteroatoms. The van der Waals surface area contributed by atoms with E-state index in [2.05, 4.69) is 382 Å². The number of nitrogens with zero attached hydrogens (tertiary/aromatic N) is 8. The fourth-order valence-electron chi connectivity index (χ4n) is 16.0. The lowest BCUT2D eigenvalue weighted by atomic mass is 9.92. The first-order valence-corrected chi connectivity index (χ1v) is 39.7. The Kier molecular flexibility index (Phi) is 19.3. The molecule has 0 radical (unpaired) electrons. The van der Waals surface area contributed by atoms with Crippen molar-refractivity contribution in [3.8, 4) is 169 Å². The zero-order valence-corrected chi connectivity index (χ0v) is 64.1. The van der Waals surface area contributed by atoms with Crippen molar-refractivity contribution in [3.05, 3.63) is 437 Å². The molecule has 0 saturated heterocycles. The molecular formula is C110H72N8. The van der Waals surface area contributed by atoms with Gasteiger partial charge >= 0.3 is 0 Å². The van der Waals surface area contributed by atoms with Crippen LogP contribution in [0.1, 0.15) is 0 Å². The highest BCUT2D eigenvalue weighted by Gasteiger charge is 2.22. The zero-order valence-electron chi connectivity index (χ0n) is 64.1. The first-order chi connectivity index (χ1) is 58.5. The van der Waals surface area contributed by atoms with Crippen molar-refractivity contribution in [2.45, 2.75) is 0 Å². The molecule has 0 unspecified atom stereocenters. The van der Waals surface area contributed by atoms with Gasteiger partial charge in [-0.15, -0.1) is 0 Å². The molecule has 0 bridgehead atoms. The topological polar surface area (TPSA) is 103 Å². The Morgan fingerprint density at radius 2 is 0.331 bits per heavy atom. The molecule has 0 atom stereocenters. The molecule has 0 N–H and O–H groups in total. The number of fused-ring (bicyclic) bond motifs is 6. The van der Waals surface area contributed by atoms with E-state index in [9.17, 15) is 0 Å². The molecule has 17 aromatic carbocycles. The average Bonchev–Trinajstić information content (AvgIpc) is 0.744. The molecule has 0 fully saturated rings. The zero-order chi connectivity index (χ0) is 78.5. The minimum Gasteiger partial charge on any atom is -0.247 e. The normalized spacial score (nSPS) is 11.2. The Bertz CT molecular complexity index is 7160. The molecule has 0 aliphatic heterocycles. The number of benzene rings is 17. The molecule has 4 heterocycles. The van der Waals surface area contributed by atoms with Gasteiger partial charge in [-0.25, -0.2) is 39.9 Å². The molecule has 118 heavy (non-hydrogen) atoms. The highest BCUT2D eigenvalue weighted by atomic mass is 15.0. The standard InChI is InChI=1S/C58H38N4.C52H34N4/c1-5-17-39(18-6-1)43-25-13-28-47(35-43)56-60-57(48-29-14-26-44(36-48)40-19-7-2-8-20-40)62-58(61-56)49-30-15-27-45(37-49)46-33-34-51-53(38-46)59-55(42-23-11-4-12-24-42)52-32-16-31-50(54(51)52)41-21-9-3-10-22-41;1-5-16-35(17-6-1)39-24-13-26-42(32-39)51-54-50(38-22-11-4-12-23-38)55-52(56-51)43-27-14-25-40(33-43)41-30-31-45-47(34-41)53-49(37-20-9-3-10-21-37)46-29-15-28-44(48(45)46)36-18-7-2-8-19-36/h1-38H;1-34H. The second-order valence-corrected chi connectivity index (χ2v) is 29.3. The van der Waals surface area contributed by atoms with Gasteiger partial charge in [-0.2, -0.15) is 0 Å². The highest BCUT2D eigenvalue weighted by Crippen LogP contribution is 2.44. The molecule has 0 amide bonds. The van der Waals surface area contributed by atoms with Crippen molar-refractivity contribution in [1.82, 2.24) is 39.9 Å². The molecule has 552 valence electrons. The smallest absolute Gasteiger partial charge is 0.164 e. The maximum Gasteiger partial charge on any atom is 0.164 e. The molecule has 0 aliphatic carbocycles. The van der Waals surface area contributed by atoms with Crippen LogP contribution in [0.2, 0.25) is 0 Å². The maximum absolute atomic E-state index is 5.39. The van der Waals surface area contributed by atoms with E-state index in [-0.39, 0.29) is 0 Å². The Morgan fingerprint density at radius 3 is 0.619 bits per heavy atom. The lowest BCUT2D eigenvalue weighted by Crippen LogP contribution is -2.00. The minimum atomic E-state index is 0.603. The van der Waals surface area contributed by atoms with Gasteiger partial charge in [-0.3, -0.25) is 0 Å². The number of hydrogen-bond donors (Lipinski definition) is 0. The Morgan fingerprint density at radius 1 is 0.119 bits per heavy atom. The van der Waals surface area contributed by atoms with Gasteiger partial charge in [0.05, 0.1) is 22.4 Å². The molecule has 0 saturated carbocycles. The summed E-state index contributed by atoms with van der Waals surface area (Å²) in [7, 11) is 0. The monoisotopic (exact) mass is 1500 g/mol. The molecule has 21 rings (SSSR count). The summed E-state index contributed by atoms with van der Waals surface area (Å²) in [5.41, 5.74) is 27.2. The van der Waals surface area contributed by atoms with Gasteiger partial charge in [0.2, 0.25) is 0 Å². The third kappa shape index (κ3) is 14.5. The van der Waals surface area contributed by atoms with E-state index in [1.165, 1.54) is 33.0 Å². The van der Waals surface area contributed by atoms with Crippen molar-refractivity contribution >= 4 is 43.4 Å². The van der Waals surface area contributed by atoms with Gasteiger partial charge in [-0.05, 0) is 120 Å². The maximum atomic E-state index is 5.39. The van der Waals surface area contributed by atoms with Crippen LogP contribution >= 0.6 is 0 Å². The van der Waals surface area contributed by atoms with Gasteiger partial charge in [0.1, 0.15) is 0 Å². The molecule has 8 nitrogen and oxygen atoms in total. The number of aromatic nitrogens is 8. The molecule has 0 spiro atoms. The second kappa shape index (κ2) is 31.9. The summed E-state index contributed by atoms with van der Waals surface area (Å²) in [5, 5.41) is 6.89. The van der Waals surface area contributed by atoms with Crippen molar-refractivity contribution in [2.24, 2.45) is 0 Å². The van der Waals surface area contributed by atoms with Crippen LogP contribution in [0.4, 0.5) is 0 Å². The number of hydrogen-bond acceptors (Lipinski definition) is 8. The van der Waals surface area contributed by atoms with Crippen LogP contribution in [-0.2, 0) is 0 Å². The van der Waals surface area contributed by atoms with E-state index in [0.717, 1.165) is 144 Å². The lowest BCUT2D eigenvalue weighted by Gasteiger charge is -2.15. The van der Waals surface area contributed by atoms with Crippen molar-refractivity contribution in [1.29, 1.82) is 0 Å². The summed E-state index contributed by atoms with van der Waals surface area (Å²) in [6.45, 7) is 0. The van der Waals surface area contributed by atoms with Crippen LogP contribution in [0.25, 0.3) is 212 Å². The average molecular weight is 1510 g/mol. The fraction of sp³-hybridized carbons (Fsp3) is 0. The van der Waals surface area contributed by atoms with Crippen LogP contribution < -0.4 is 0 Å². The van der Waals surface area contributed by atoms with E-state index in [1.807, 2.05) is 54.6 Å². The minimum absolute atomic E-state index is 0.603. The number of pyridine rings is 2. The summed E-state index contributed by atoms with van der Waals surface area (Å²) in [6.07, 6.45) is 0. The van der Waals surface area contributed by atoms with Crippen LogP contribution in [0.5, 0.6) is 0 Å². The van der Waals surface area contributed by atoms with Gasteiger partial charge in [0, 0.05) is 76.8 Å². The summed E-state index contributed by atoms with van der Waals surface area (Å²) in [6, 6.07) is 152. The predicted molar refractivity (Wildman–Crippen MR) is 487 cm³/mol. The van der Waals surface area contributed by atoms with Crippen molar-refractivity contribution < 1.29 is 0 Å². The van der Waals surface area contributed by atoms with E-state index < -0.39 is 0 Å². The quantitative estimate of drug-likeness (QED) is 0.0935. The Hall–Kier alpha value is -15.9.